The molecule has 0 saturated carbocycles. The lowest BCUT2D eigenvalue weighted by atomic mass is 9.90. The monoisotopic (exact) mass is 401 g/mol. The highest BCUT2D eigenvalue weighted by Crippen LogP contribution is 2.25. The molecule has 0 atom stereocenters. The van der Waals surface area contributed by atoms with E-state index in [2.05, 4.69) is 77.7 Å². The van der Waals surface area contributed by atoms with E-state index in [0.717, 1.165) is 55.6 Å². The van der Waals surface area contributed by atoms with Gasteiger partial charge in [0.25, 0.3) is 0 Å². The lowest BCUT2D eigenvalue weighted by Gasteiger charge is -2.32. The third-order valence-corrected chi connectivity index (χ3v) is 6.17. The second-order valence-corrected chi connectivity index (χ2v) is 8.56. The zero-order valence-corrected chi connectivity index (χ0v) is 18.1. The summed E-state index contributed by atoms with van der Waals surface area (Å²) in [6, 6.07) is 19.1. The molecule has 4 heteroatoms. The Hall–Kier alpha value is -2.88. The van der Waals surface area contributed by atoms with Crippen molar-refractivity contribution in [3.8, 4) is 11.3 Å². The van der Waals surface area contributed by atoms with Gasteiger partial charge >= 0.3 is 0 Å². The van der Waals surface area contributed by atoms with Crippen molar-refractivity contribution < 1.29 is 4.79 Å². The Labute approximate surface area is 179 Å². The fraction of sp³-hybridized carbons (Fsp3) is 0.385. The quantitative estimate of drug-likeness (QED) is 0.594. The highest BCUT2D eigenvalue weighted by Gasteiger charge is 2.23. The van der Waals surface area contributed by atoms with Crippen molar-refractivity contribution in [1.29, 1.82) is 0 Å². The molecule has 0 aliphatic carbocycles. The minimum atomic E-state index is 0.270. The Kier molecular flexibility index (Phi) is 6.32. The zero-order valence-electron chi connectivity index (χ0n) is 18.1. The number of likely N-dealkylation sites (tertiary alicyclic amines) is 1. The molecular weight excluding hydrogens is 370 g/mol. The molecule has 1 aliphatic heterocycles. The first-order chi connectivity index (χ1) is 14.6. The predicted molar refractivity (Wildman–Crippen MR) is 121 cm³/mol. The molecular formula is C26H31N3O. The van der Waals surface area contributed by atoms with Gasteiger partial charge < -0.3 is 4.90 Å². The molecule has 1 fully saturated rings. The van der Waals surface area contributed by atoms with Gasteiger partial charge in [-0.05, 0) is 49.7 Å². The van der Waals surface area contributed by atoms with Gasteiger partial charge in [0.15, 0.2) is 0 Å². The Bertz CT molecular complexity index is 967. The van der Waals surface area contributed by atoms with Crippen LogP contribution in [0, 0.1) is 12.8 Å². The SMILES string of the molecule is Cc1ccc(-c2nn(C)cc2CCC(=O)N2CCC(Cc3ccccc3)CC2)cc1. The molecule has 0 spiro atoms. The summed E-state index contributed by atoms with van der Waals surface area (Å²) in [5, 5.41) is 4.64. The number of carbonyl (C=O) groups excluding carboxylic acids is 1. The predicted octanol–water partition coefficient (Wildman–Crippen LogP) is 4.81. The molecule has 0 bridgehead atoms. The molecule has 1 aliphatic rings. The summed E-state index contributed by atoms with van der Waals surface area (Å²) in [5.74, 6) is 0.954. The fourth-order valence-corrected chi connectivity index (χ4v) is 4.41. The molecule has 1 aromatic heterocycles. The first-order valence-corrected chi connectivity index (χ1v) is 11.0. The molecule has 0 radical (unpaired) electrons. The van der Waals surface area contributed by atoms with Gasteiger partial charge in [0.1, 0.15) is 0 Å². The van der Waals surface area contributed by atoms with Crippen LogP contribution in [-0.4, -0.2) is 33.7 Å². The molecule has 4 nitrogen and oxygen atoms in total. The van der Waals surface area contributed by atoms with Crippen molar-refractivity contribution in [2.45, 2.75) is 39.0 Å². The van der Waals surface area contributed by atoms with Crippen LogP contribution in [0.15, 0.2) is 60.8 Å². The van der Waals surface area contributed by atoms with Gasteiger partial charge in [-0.15, -0.1) is 0 Å². The van der Waals surface area contributed by atoms with Gasteiger partial charge in [-0.1, -0.05) is 60.2 Å². The lowest BCUT2D eigenvalue weighted by molar-refractivity contribution is -0.132. The molecule has 0 N–H and O–H groups in total. The van der Waals surface area contributed by atoms with E-state index in [1.165, 1.54) is 11.1 Å². The van der Waals surface area contributed by atoms with E-state index < -0.39 is 0 Å². The number of piperidine rings is 1. The average Bonchev–Trinajstić information content (AvgIpc) is 3.14. The molecule has 2 aromatic carbocycles. The van der Waals surface area contributed by atoms with Crippen LogP contribution < -0.4 is 0 Å². The van der Waals surface area contributed by atoms with E-state index >= 15 is 0 Å². The van der Waals surface area contributed by atoms with Crippen LogP contribution in [0.5, 0.6) is 0 Å². The van der Waals surface area contributed by atoms with Crippen LogP contribution >= 0.6 is 0 Å². The topological polar surface area (TPSA) is 38.1 Å². The molecule has 3 aromatic rings. The maximum absolute atomic E-state index is 12.8. The Morgan fingerprint density at radius 3 is 2.43 bits per heavy atom. The Balaban J connectivity index is 1.31. The van der Waals surface area contributed by atoms with Crippen molar-refractivity contribution in [1.82, 2.24) is 14.7 Å². The minimum absolute atomic E-state index is 0.270. The van der Waals surface area contributed by atoms with Crippen molar-refractivity contribution in [2.24, 2.45) is 13.0 Å². The molecule has 1 saturated heterocycles. The normalized spacial score (nSPS) is 14.8. The van der Waals surface area contributed by atoms with Crippen molar-refractivity contribution in [2.75, 3.05) is 13.1 Å². The summed E-state index contributed by atoms with van der Waals surface area (Å²) in [5.41, 5.74) is 5.90. The summed E-state index contributed by atoms with van der Waals surface area (Å²) in [6.45, 7) is 3.85. The molecule has 2 heterocycles. The van der Waals surface area contributed by atoms with Crippen LogP contribution in [0.1, 0.15) is 36.0 Å². The summed E-state index contributed by atoms with van der Waals surface area (Å²) in [6.07, 6.45) is 6.66. The maximum atomic E-state index is 12.8. The Morgan fingerprint density at radius 1 is 1.03 bits per heavy atom. The fourth-order valence-electron chi connectivity index (χ4n) is 4.41. The van der Waals surface area contributed by atoms with E-state index in [0.29, 0.717) is 12.3 Å². The van der Waals surface area contributed by atoms with Crippen LogP contribution in [0.4, 0.5) is 0 Å². The number of aryl methyl sites for hydroxylation is 3. The number of amides is 1. The number of hydrogen-bond donors (Lipinski definition) is 0. The minimum Gasteiger partial charge on any atom is -0.343 e. The second-order valence-electron chi connectivity index (χ2n) is 8.56. The van der Waals surface area contributed by atoms with Gasteiger partial charge in [-0.3, -0.25) is 9.48 Å². The summed E-state index contributed by atoms with van der Waals surface area (Å²) in [7, 11) is 1.94. The van der Waals surface area contributed by atoms with Crippen LogP contribution in [0.2, 0.25) is 0 Å². The smallest absolute Gasteiger partial charge is 0.222 e. The van der Waals surface area contributed by atoms with E-state index in [1.54, 1.807) is 0 Å². The highest BCUT2D eigenvalue weighted by molar-refractivity contribution is 5.77. The van der Waals surface area contributed by atoms with Crippen LogP contribution in [0.3, 0.4) is 0 Å². The largest absolute Gasteiger partial charge is 0.343 e. The van der Waals surface area contributed by atoms with E-state index in [-0.39, 0.29) is 5.91 Å². The summed E-state index contributed by atoms with van der Waals surface area (Å²) < 4.78 is 1.85. The number of benzene rings is 2. The zero-order chi connectivity index (χ0) is 20.9. The molecule has 0 unspecified atom stereocenters. The second kappa shape index (κ2) is 9.29. The first kappa shape index (κ1) is 20.4. The van der Waals surface area contributed by atoms with E-state index in [1.807, 2.05) is 11.7 Å². The molecule has 30 heavy (non-hydrogen) atoms. The summed E-state index contributed by atoms with van der Waals surface area (Å²) in [4.78, 5) is 14.9. The van der Waals surface area contributed by atoms with Gasteiger partial charge in [-0.2, -0.15) is 5.10 Å². The van der Waals surface area contributed by atoms with Crippen molar-refractivity contribution in [3.63, 3.8) is 0 Å². The van der Waals surface area contributed by atoms with Gasteiger partial charge in [-0.25, -0.2) is 0 Å². The lowest BCUT2D eigenvalue weighted by Crippen LogP contribution is -2.39. The van der Waals surface area contributed by atoms with Crippen molar-refractivity contribution >= 4 is 5.91 Å². The average molecular weight is 402 g/mol. The van der Waals surface area contributed by atoms with Crippen LogP contribution in [0.25, 0.3) is 11.3 Å². The number of aromatic nitrogens is 2. The third kappa shape index (κ3) is 4.99. The molecule has 1 amide bonds. The van der Waals surface area contributed by atoms with E-state index in [9.17, 15) is 4.79 Å². The van der Waals surface area contributed by atoms with Crippen LogP contribution in [-0.2, 0) is 24.7 Å². The van der Waals surface area contributed by atoms with Gasteiger partial charge in [0, 0.05) is 38.3 Å². The number of nitrogens with zero attached hydrogens (tertiary/aromatic N) is 3. The van der Waals surface area contributed by atoms with Gasteiger partial charge in [0.05, 0.1) is 5.69 Å². The number of carbonyl (C=O) groups is 1. The molecule has 156 valence electrons. The Morgan fingerprint density at radius 2 is 1.73 bits per heavy atom. The number of rotatable bonds is 6. The first-order valence-electron chi connectivity index (χ1n) is 11.0. The highest BCUT2D eigenvalue weighted by atomic mass is 16.2. The molecule has 4 rings (SSSR count). The standard InChI is InChI=1S/C26H31N3O/c1-20-8-10-23(11-9-20)26-24(19-28(2)27-26)12-13-25(30)29-16-14-22(15-17-29)18-21-6-4-3-5-7-21/h3-11,19,22H,12-18H2,1-2H3. The van der Waals surface area contributed by atoms with Crippen molar-refractivity contribution in [3.05, 3.63) is 77.5 Å². The maximum Gasteiger partial charge on any atom is 0.222 e. The van der Waals surface area contributed by atoms with Gasteiger partial charge in [0.2, 0.25) is 5.91 Å². The third-order valence-electron chi connectivity index (χ3n) is 6.17. The number of hydrogen-bond acceptors (Lipinski definition) is 2. The summed E-state index contributed by atoms with van der Waals surface area (Å²) >= 11 is 0. The van der Waals surface area contributed by atoms with E-state index in [4.69, 9.17) is 0 Å².